The monoisotopic (exact) mass is 312 g/mol. The maximum Gasteiger partial charge on any atom is 0.476 e. The van der Waals surface area contributed by atoms with Gasteiger partial charge in [-0.1, -0.05) is 61.6 Å². The zero-order valence-corrected chi connectivity index (χ0v) is 15.3. The van der Waals surface area contributed by atoms with E-state index in [-0.39, 0.29) is 5.92 Å². The Morgan fingerprint density at radius 2 is 1.29 bits per heavy atom. The molecule has 0 spiro atoms. The second kappa shape index (κ2) is 6.60. The van der Waals surface area contributed by atoms with E-state index in [1.54, 1.807) is 0 Å². The smallest absolute Gasteiger partial charge is 0.476 e. The molecule has 4 nitrogen and oxygen atoms in total. The fourth-order valence-corrected chi connectivity index (χ4v) is 6.91. The van der Waals surface area contributed by atoms with Crippen molar-refractivity contribution in [3.63, 3.8) is 0 Å². The lowest BCUT2D eigenvalue weighted by atomic mass is 9.99. The predicted octanol–water partition coefficient (Wildman–Crippen LogP) is 4.12. The first-order valence-electron chi connectivity index (χ1n) is 7.06. The van der Waals surface area contributed by atoms with Crippen molar-refractivity contribution >= 4 is 20.5 Å². The van der Waals surface area contributed by atoms with Gasteiger partial charge in [0.25, 0.3) is 0 Å². The van der Waals surface area contributed by atoms with Gasteiger partial charge in [-0.15, -0.1) is 0 Å². The Hall–Kier alpha value is -1.36. The lowest BCUT2D eigenvalue weighted by Crippen LogP contribution is -2.61. The molecular weight excluding hydrogens is 284 g/mol. The molecule has 0 aromatic heterocycles. The Morgan fingerprint density at radius 3 is 1.48 bits per heavy atom. The Morgan fingerprint density at radius 1 is 0.952 bits per heavy atom. The van der Waals surface area contributed by atoms with Crippen molar-refractivity contribution in [2.45, 2.75) is 58.5 Å². The molecule has 0 aromatic rings. The molecule has 0 fully saturated rings. The minimum Gasteiger partial charge on any atom is -0.481 e. The highest BCUT2D eigenvalue weighted by atomic mass is 28.4. The first-order chi connectivity index (χ1) is 9.35. The third-order valence-corrected chi connectivity index (χ3v) is 9.33. The molecule has 0 heterocycles. The second-order valence-corrected chi connectivity index (χ2v) is 11.4. The van der Waals surface area contributed by atoms with Gasteiger partial charge >= 0.3 is 20.5 Å². The molecule has 0 saturated heterocycles. The van der Waals surface area contributed by atoms with Gasteiger partial charge in [-0.05, 0) is 5.92 Å². The molecule has 0 saturated carbocycles. The zero-order chi connectivity index (χ0) is 17.1. The Balaban J connectivity index is 6.22. The minimum atomic E-state index is -3.30. The number of rotatable bonds is 6. The summed E-state index contributed by atoms with van der Waals surface area (Å²) in [6.45, 7) is 20.7. The largest absolute Gasteiger partial charge is 0.481 e. The lowest BCUT2D eigenvalue weighted by Gasteiger charge is -2.49. The number of carbonyl (C=O) groups excluding carboxylic acids is 2. The topological polar surface area (TPSA) is 52.6 Å². The number of carbonyl (C=O) groups is 2. The summed E-state index contributed by atoms with van der Waals surface area (Å²) < 4.78 is 11.5. The Kier molecular flexibility index (Phi) is 6.17. The van der Waals surface area contributed by atoms with E-state index >= 15 is 0 Å². The highest BCUT2D eigenvalue weighted by Crippen LogP contribution is 2.56. The second-order valence-electron chi connectivity index (χ2n) is 6.99. The van der Waals surface area contributed by atoms with Crippen LogP contribution in [0.1, 0.15) is 48.5 Å². The summed E-state index contributed by atoms with van der Waals surface area (Å²) in [4.78, 5) is 23.8. The molecule has 120 valence electrons. The van der Waals surface area contributed by atoms with Crippen molar-refractivity contribution in [1.29, 1.82) is 0 Å². The first kappa shape index (κ1) is 19.6. The van der Waals surface area contributed by atoms with Gasteiger partial charge in [0.05, 0.1) is 0 Å². The van der Waals surface area contributed by atoms with E-state index in [4.69, 9.17) is 8.85 Å². The van der Waals surface area contributed by atoms with E-state index in [1.807, 2.05) is 48.5 Å². The molecule has 0 N–H and O–H groups in total. The van der Waals surface area contributed by atoms with E-state index in [9.17, 15) is 9.59 Å². The van der Waals surface area contributed by atoms with Crippen LogP contribution in [0.15, 0.2) is 25.3 Å². The third-order valence-electron chi connectivity index (χ3n) is 4.10. The maximum absolute atomic E-state index is 11.9. The molecule has 0 unspecified atom stereocenters. The minimum absolute atomic E-state index is 0.152. The van der Waals surface area contributed by atoms with E-state index in [0.717, 1.165) is 12.2 Å². The van der Waals surface area contributed by atoms with Crippen LogP contribution in [0.3, 0.4) is 0 Å². The SMILES string of the molecule is C=CC(=O)O[Si](OC(=O)C=C)(C(C)(C)C)C(C)(C)C(C)C. The van der Waals surface area contributed by atoms with Crippen molar-refractivity contribution in [2.75, 3.05) is 0 Å². The highest BCUT2D eigenvalue weighted by molar-refractivity contribution is 6.76. The fourth-order valence-electron chi connectivity index (χ4n) is 2.30. The summed E-state index contributed by atoms with van der Waals surface area (Å²) >= 11 is 0. The molecule has 0 amide bonds. The fraction of sp³-hybridized carbons (Fsp3) is 0.625. The van der Waals surface area contributed by atoms with Crippen molar-refractivity contribution in [3.8, 4) is 0 Å². The van der Waals surface area contributed by atoms with Crippen molar-refractivity contribution in [3.05, 3.63) is 25.3 Å². The van der Waals surface area contributed by atoms with Gasteiger partial charge in [0.15, 0.2) is 0 Å². The van der Waals surface area contributed by atoms with E-state index in [0.29, 0.717) is 0 Å². The summed E-state index contributed by atoms with van der Waals surface area (Å²) in [6.07, 6.45) is 2.21. The zero-order valence-electron chi connectivity index (χ0n) is 14.3. The van der Waals surface area contributed by atoms with Crippen molar-refractivity contribution < 1.29 is 18.4 Å². The van der Waals surface area contributed by atoms with Crippen LogP contribution in [0.5, 0.6) is 0 Å². The van der Waals surface area contributed by atoms with Gasteiger partial charge in [0.1, 0.15) is 0 Å². The Labute approximate surface area is 129 Å². The normalized spacial score (nSPS) is 12.8. The number of hydrogen-bond acceptors (Lipinski definition) is 4. The third kappa shape index (κ3) is 3.84. The van der Waals surface area contributed by atoms with Crippen LogP contribution in [0.25, 0.3) is 0 Å². The average Bonchev–Trinajstić information content (AvgIpc) is 2.35. The van der Waals surface area contributed by atoms with Crippen LogP contribution in [0.4, 0.5) is 0 Å². The summed E-state index contributed by atoms with van der Waals surface area (Å²) in [7, 11) is -3.30. The van der Waals surface area contributed by atoms with Gasteiger partial charge in [-0.2, -0.15) is 0 Å². The molecule has 0 aliphatic carbocycles. The standard InChI is InChI=1S/C16H28O4Si/c1-10-13(17)19-21(15(5,6)7,20-14(18)11-2)16(8,9)12(3)4/h10-12H,1-2H2,3-9H3. The first-order valence-corrected chi connectivity index (χ1v) is 8.88. The molecule has 0 atom stereocenters. The van der Waals surface area contributed by atoms with Crippen LogP contribution < -0.4 is 0 Å². The summed E-state index contributed by atoms with van der Waals surface area (Å²) in [6, 6.07) is 0. The predicted molar refractivity (Wildman–Crippen MR) is 86.9 cm³/mol. The van der Waals surface area contributed by atoms with E-state index in [1.165, 1.54) is 0 Å². The van der Waals surface area contributed by atoms with Crippen LogP contribution >= 0.6 is 0 Å². The van der Waals surface area contributed by atoms with Gasteiger partial charge < -0.3 is 8.85 Å². The van der Waals surface area contributed by atoms with Gasteiger partial charge in [-0.3, -0.25) is 0 Å². The highest BCUT2D eigenvalue weighted by Gasteiger charge is 2.66. The lowest BCUT2D eigenvalue weighted by molar-refractivity contribution is -0.137. The Bertz CT molecular complexity index is 408. The van der Waals surface area contributed by atoms with Crippen molar-refractivity contribution in [1.82, 2.24) is 0 Å². The van der Waals surface area contributed by atoms with Crippen LogP contribution in [0, 0.1) is 5.92 Å². The molecule has 5 heteroatoms. The molecule has 0 radical (unpaired) electrons. The van der Waals surface area contributed by atoms with Crippen LogP contribution in [-0.2, 0) is 18.4 Å². The van der Waals surface area contributed by atoms with Gasteiger partial charge in [-0.25, -0.2) is 9.59 Å². The van der Waals surface area contributed by atoms with Crippen LogP contribution in [0.2, 0.25) is 10.1 Å². The van der Waals surface area contributed by atoms with Gasteiger partial charge in [0.2, 0.25) is 0 Å². The molecular formula is C16H28O4Si. The van der Waals surface area contributed by atoms with Crippen LogP contribution in [-0.4, -0.2) is 20.5 Å². The average molecular weight is 312 g/mol. The molecule has 0 bridgehead atoms. The van der Waals surface area contributed by atoms with E-state index < -0.39 is 30.6 Å². The molecule has 0 aliphatic heterocycles. The van der Waals surface area contributed by atoms with Gasteiger partial charge in [0, 0.05) is 22.2 Å². The molecule has 0 aliphatic rings. The molecule has 21 heavy (non-hydrogen) atoms. The van der Waals surface area contributed by atoms with Crippen molar-refractivity contribution in [2.24, 2.45) is 5.92 Å². The summed E-state index contributed by atoms with van der Waals surface area (Å²) in [5.41, 5.74) is 0. The number of hydrogen-bond donors (Lipinski definition) is 0. The summed E-state index contributed by atoms with van der Waals surface area (Å²) in [5, 5.41) is -0.985. The molecule has 0 aromatic carbocycles. The molecule has 0 rings (SSSR count). The maximum atomic E-state index is 11.9. The van der Waals surface area contributed by atoms with E-state index in [2.05, 4.69) is 13.2 Å². The quantitative estimate of drug-likeness (QED) is 0.547. The summed E-state index contributed by atoms with van der Waals surface area (Å²) in [5.74, 6) is -0.983.